The Balaban J connectivity index is 1.51. The van der Waals surface area contributed by atoms with Crippen LogP contribution in [0.4, 0.5) is 5.69 Å². The number of hydrogen-bond acceptors (Lipinski definition) is 6. The molecule has 0 aliphatic carbocycles. The van der Waals surface area contributed by atoms with Crippen molar-refractivity contribution in [2.24, 2.45) is 0 Å². The van der Waals surface area contributed by atoms with Crippen molar-refractivity contribution in [2.75, 3.05) is 19.5 Å². The molecule has 0 aliphatic rings. The number of oxazole rings is 1. The summed E-state index contributed by atoms with van der Waals surface area (Å²) in [4.78, 5) is 17.4. The quantitative estimate of drug-likeness (QED) is 0.382. The van der Waals surface area contributed by atoms with Crippen molar-refractivity contribution in [1.29, 1.82) is 0 Å². The van der Waals surface area contributed by atoms with Crippen molar-refractivity contribution in [1.82, 2.24) is 10.3 Å². The molecular weight excluding hydrogens is 438 g/mol. The van der Waals surface area contributed by atoms with Gasteiger partial charge in [-0.15, -0.1) is 0 Å². The van der Waals surface area contributed by atoms with Crippen LogP contribution < -0.4 is 20.1 Å². The van der Waals surface area contributed by atoms with Gasteiger partial charge in [-0.05, 0) is 66.7 Å². The van der Waals surface area contributed by atoms with E-state index in [1.54, 1.807) is 18.2 Å². The summed E-state index contributed by atoms with van der Waals surface area (Å²) < 4.78 is 16.5. The normalized spacial score (nSPS) is 10.6. The number of ether oxygens (including phenoxy) is 2. The molecule has 1 amide bonds. The van der Waals surface area contributed by atoms with Crippen molar-refractivity contribution in [2.45, 2.75) is 13.3 Å². The molecule has 2 N–H and O–H groups in total. The van der Waals surface area contributed by atoms with Gasteiger partial charge < -0.3 is 19.2 Å². The van der Waals surface area contributed by atoms with E-state index in [0.29, 0.717) is 23.1 Å². The molecule has 4 rings (SSSR count). The van der Waals surface area contributed by atoms with E-state index in [1.807, 2.05) is 42.5 Å². The predicted octanol–water partition coefficient (Wildman–Crippen LogP) is 5.20. The standard InChI is InChI=1S/C25H23N3O4S/c1-4-15-11-12-19-18(13-15)27-24(32-19)16-7-5-8-17(14-16)26-25(33)28-23(29)22-20(30-2)9-6-10-21(22)31-3/h5-14H,4H2,1-3H3,(H2,26,28,29,33). The third kappa shape index (κ3) is 4.80. The molecule has 168 valence electrons. The number of hydrogen-bond donors (Lipinski definition) is 2. The first-order valence-corrected chi connectivity index (χ1v) is 10.8. The Morgan fingerprint density at radius 2 is 1.76 bits per heavy atom. The van der Waals surface area contributed by atoms with Crippen molar-refractivity contribution in [3.63, 3.8) is 0 Å². The van der Waals surface area contributed by atoms with Crippen LogP contribution in [0.1, 0.15) is 22.8 Å². The van der Waals surface area contributed by atoms with Crippen LogP contribution in [0.5, 0.6) is 11.5 Å². The Kier molecular flexibility index (Phi) is 6.55. The Morgan fingerprint density at radius 1 is 1.03 bits per heavy atom. The van der Waals surface area contributed by atoms with Gasteiger partial charge in [0.05, 0.1) is 14.2 Å². The molecule has 0 saturated carbocycles. The highest BCUT2D eigenvalue weighted by Gasteiger charge is 2.19. The fourth-order valence-corrected chi connectivity index (χ4v) is 3.66. The van der Waals surface area contributed by atoms with Gasteiger partial charge in [-0.2, -0.15) is 0 Å². The number of aryl methyl sites for hydroxylation is 1. The first-order valence-electron chi connectivity index (χ1n) is 10.4. The lowest BCUT2D eigenvalue weighted by Crippen LogP contribution is -2.34. The Labute approximate surface area is 196 Å². The van der Waals surface area contributed by atoms with E-state index in [4.69, 9.17) is 26.1 Å². The van der Waals surface area contributed by atoms with Crippen molar-refractivity contribution in [3.8, 4) is 23.0 Å². The van der Waals surface area contributed by atoms with E-state index in [9.17, 15) is 4.79 Å². The third-order valence-electron chi connectivity index (χ3n) is 5.11. The highest BCUT2D eigenvalue weighted by atomic mass is 32.1. The van der Waals surface area contributed by atoms with Gasteiger partial charge in [-0.3, -0.25) is 10.1 Å². The second-order valence-corrected chi connectivity index (χ2v) is 7.61. The molecule has 3 aromatic carbocycles. The largest absolute Gasteiger partial charge is 0.496 e. The Bertz CT molecular complexity index is 1310. The highest BCUT2D eigenvalue weighted by Crippen LogP contribution is 2.29. The van der Waals surface area contributed by atoms with Gasteiger partial charge in [-0.25, -0.2) is 4.98 Å². The summed E-state index contributed by atoms with van der Waals surface area (Å²) in [6.07, 6.45) is 0.932. The molecule has 0 unspecified atom stereocenters. The number of anilines is 1. The smallest absolute Gasteiger partial charge is 0.264 e. The number of thiocarbonyl (C=S) groups is 1. The second kappa shape index (κ2) is 9.70. The van der Waals surface area contributed by atoms with Crippen LogP contribution in [0.2, 0.25) is 0 Å². The lowest BCUT2D eigenvalue weighted by molar-refractivity contribution is 0.0971. The SMILES string of the molecule is CCc1ccc2oc(-c3cccc(NC(=S)NC(=O)c4c(OC)cccc4OC)c3)nc2c1. The fourth-order valence-electron chi connectivity index (χ4n) is 3.45. The molecule has 7 nitrogen and oxygen atoms in total. The van der Waals surface area contributed by atoms with Gasteiger partial charge in [0.15, 0.2) is 10.7 Å². The summed E-state index contributed by atoms with van der Waals surface area (Å²) in [5.41, 5.74) is 4.48. The van der Waals surface area contributed by atoms with Crippen molar-refractivity contribution < 1.29 is 18.7 Å². The number of benzene rings is 3. The number of methoxy groups -OCH3 is 2. The molecule has 0 radical (unpaired) electrons. The van der Waals surface area contributed by atoms with Gasteiger partial charge >= 0.3 is 0 Å². The lowest BCUT2D eigenvalue weighted by Gasteiger charge is -2.14. The van der Waals surface area contributed by atoms with E-state index in [0.717, 1.165) is 23.1 Å². The molecule has 0 fully saturated rings. The monoisotopic (exact) mass is 461 g/mol. The Hall–Kier alpha value is -3.91. The molecule has 0 aliphatic heterocycles. The van der Waals surface area contributed by atoms with E-state index in [1.165, 1.54) is 19.8 Å². The summed E-state index contributed by atoms with van der Waals surface area (Å²) >= 11 is 5.35. The Morgan fingerprint density at radius 3 is 2.45 bits per heavy atom. The van der Waals surface area contributed by atoms with Gasteiger partial charge in [0.2, 0.25) is 5.89 Å². The number of nitrogens with zero attached hydrogens (tertiary/aromatic N) is 1. The van der Waals surface area contributed by atoms with Crippen LogP contribution in [0.25, 0.3) is 22.6 Å². The topological polar surface area (TPSA) is 85.6 Å². The van der Waals surface area contributed by atoms with Crippen LogP contribution in [-0.2, 0) is 6.42 Å². The average molecular weight is 462 g/mol. The molecule has 8 heteroatoms. The number of carbonyl (C=O) groups excluding carboxylic acids is 1. The third-order valence-corrected chi connectivity index (χ3v) is 5.31. The minimum Gasteiger partial charge on any atom is -0.496 e. The van der Waals surface area contributed by atoms with E-state index in [2.05, 4.69) is 22.5 Å². The predicted molar refractivity (Wildman–Crippen MR) is 132 cm³/mol. The van der Waals surface area contributed by atoms with Crippen molar-refractivity contribution in [3.05, 3.63) is 71.8 Å². The summed E-state index contributed by atoms with van der Waals surface area (Å²) in [5.74, 6) is 0.844. The van der Waals surface area contributed by atoms with E-state index < -0.39 is 5.91 Å². The van der Waals surface area contributed by atoms with Crippen LogP contribution >= 0.6 is 12.2 Å². The number of aromatic nitrogens is 1. The zero-order valence-corrected chi connectivity index (χ0v) is 19.3. The number of amides is 1. The number of fused-ring (bicyclic) bond motifs is 1. The summed E-state index contributed by atoms with van der Waals surface area (Å²) in [6, 6.07) is 18.6. The average Bonchev–Trinajstić information content (AvgIpc) is 3.26. The minimum absolute atomic E-state index is 0.135. The lowest BCUT2D eigenvalue weighted by atomic mass is 10.1. The highest BCUT2D eigenvalue weighted by molar-refractivity contribution is 7.80. The summed E-state index contributed by atoms with van der Waals surface area (Å²) in [5, 5.41) is 5.83. The minimum atomic E-state index is -0.441. The number of rotatable bonds is 6. The molecule has 0 spiro atoms. The van der Waals surface area contributed by atoms with Gasteiger partial charge in [0.1, 0.15) is 22.6 Å². The first kappa shape index (κ1) is 22.3. The van der Waals surface area contributed by atoms with E-state index >= 15 is 0 Å². The second-order valence-electron chi connectivity index (χ2n) is 7.20. The number of carbonyl (C=O) groups is 1. The molecule has 1 aromatic heterocycles. The number of nitrogens with one attached hydrogen (secondary N) is 2. The zero-order valence-electron chi connectivity index (χ0n) is 18.5. The van der Waals surface area contributed by atoms with Crippen molar-refractivity contribution >= 4 is 40.0 Å². The summed E-state index contributed by atoms with van der Waals surface area (Å²) in [7, 11) is 2.98. The summed E-state index contributed by atoms with van der Waals surface area (Å²) in [6.45, 7) is 2.10. The van der Waals surface area contributed by atoms with Gasteiger partial charge in [-0.1, -0.05) is 25.1 Å². The molecule has 4 aromatic rings. The molecule has 0 bridgehead atoms. The maximum absolute atomic E-state index is 12.8. The van der Waals surface area contributed by atoms with E-state index in [-0.39, 0.29) is 10.7 Å². The molecule has 1 heterocycles. The molecular formula is C25H23N3O4S. The van der Waals surface area contributed by atoms with Crippen LogP contribution in [-0.4, -0.2) is 30.2 Å². The molecule has 0 saturated heterocycles. The van der Waals surface area contributed by atoms with Crippen LogP contribution in [0.15, 0.2) is 65.1 Å². The maximum Gasteiger partial charge on any atom is 0.264 e. The van der Waals surface area contributed by atoms with Crippen LogP contribution in [0, 0.1) is 0 Å². The fraction of sp³-hybridized carbons (Fsp3) is 0.160. The van der Waals surface area contributed by atoms with Gasteiger partial charge in [0, 0.05) is 11.3 Å². The zero-order chi connectivity index (χ0) is 23.4. The maximum atomic E-state index is 12.8. The molecule has 33 heavy (non-hydrogen) atoms. The molecule has 0 atom stereocenters. The first-order chi connectivity index (χ1) is 16.0. The van der Waals surface area contributed by atoms with Crippen LogP contribution in [0.3, 0.4) is 0 Å². The van der Waals surface area contributed by atoms with Gasteiger partial charge in [0.25, 0.3) is 5.91 Å².